The molecular formula is C45H50F2N4O6. The molecule has 3 aliphatic heterocycles. The number of carbonyl (C=O) groups excluding carboxylic acids is 3. The molecule has 300 valence electrons. The minimum atomic E-state index is -3.11. The standard InChI is InChI=1S/C45H50F2N4O6/c46-45(47)57-39-27-33(25-32-28-51(44(55)42(32)39)38-17-18-40(53)48-43(38)54)50-22-20-49(21-23-50)19-5-2-6-24-56-35-13-9-30(10-14-35)41-36(29-7-3-1-4-8-29)15-11-31-26-34(52)12-16-37(31)41/h1,3-4,7,9-10,12-14,16,25-27,29,36,38,41,45,52H,2,5-6,8,11,15,17-24,28H2,(H,48,53,54)/t29?,36-,38?,41+/m1/s1. The number of allylic oxidation sites excluding steroid dienone is 4. The van der Waals surface area contributed by atoms with Crippen LogP contribution in [0.3, 0.4) is 0 Å². The number of anilines is 1. The van der Waals surface area contributed by atoms with Crippen molar-refractivity contribution in [2.24, 2.45) is 11.8 Å². The van der Waals surface area contributed by atoms with Crippen LogP contribution in [0.15, 0.2) is 78.9 Å². The third-order valence-electron chi connectivity index (χ3n) is 12.4. The number of piperidine rings is 1. The van der Waals surface area contributed by atoms with Crippen molar-refractivity contribution in [3.05, 3.63) is 107 Å². The van der Waals surface area contributed by atoms with Gasteiger partial charge in [-0.05, 0) is 116 Å². The molecule has 12 heteroatoms. The molecular weight excluding hydrogens is 731 g/mol. The topological polar surface area (TPSA) is 112 Å². The van der Waals surface area contributed by atoms with E-state index in [2.05, 4.69) is 69.8 Å². The van der Waals surface area contributed by atoms with E-state index < -0.39 is 24.5 Å². The molecule has 0 bridgehead atoms. The Labute approximate surface area is 332 Å². The lowest BCUT2D eigenvalue weighted by Gasteiger charge is -2.38. The van der Waals surface area contributed by atoms with Crippen LogP contribution >= 0.6 is 0 Å². The first kappa shape index (κ1) is 38.6. The fourth-order valence-electron chi connectivity index (χ4n) is 9.47. The zero-order valence-corrected chi connectivity index (χ0v) is 32.1. The van der Waals surface area contributed by atoms with Crippen molar-refractivity contribution in [3.8, 4) is 17.2 Å². The van der Waals surface area contributed by atoms with Crippen molar-refractivity contribution in [2.75, 3.05) is 44.2 Å². The van der Waals surface area contributed by atoms with Gasteiger partial charge in [0.2, 0.25) is 11.8 Å². The lowest BCUT2D eigenvalue weighted by Crippen LogP contribution is -2.52. The Kier molecular flexibility index (Phi) is 11.6. The van der Waals surface area contributed by atoms with Crippen LogP contribution in [0.1, 0.15) is 83.5 Å². The number of amides is 3. The normalized spacial score (nSPS) is 23.5. The van der Waals surface area contributed by atoms with E-state index in [1.54, 1.807) is 0 Å². The van der Waals surface area contributed by atoms with Gasteiger partial charge in [-0.3, -0.25) is 24.6 Å². The van der Waals surface area contributed by atoms with Crippen molar-refractivity contribution in [2.45, 2.75) is 76.5 Å². The Hall–Kier alpha value is -5.23. The molecule has 57 heavy (non-hydrogen) atoms. The molecule has 0 saturated carbocycles. The lowest BCUT2D eigenvalue weighted by atomic mass is 9.66. The summed E-state index contributed by atoms with van der Waals surface area (Å²) in [6, 6.07) is 17.0. The lowest BCUT2D eigenvalue weighted by molar-refractivity contribution is -0.136. The summed E-state index contributed by atoms with van der Waals surface area (Å²) >= 11 is 0. The Morgan fingerprint density at radius 3 is 2.46 bits per heavy atom. The van der Waals surface area contributed by atoms with E-state index in [9.17, 15) is 28.3 Å². The average molecular weight is 781 g/mol. The van der Waals surface area contributed by atoms with Crippen LogP contribution in [0.5, 0.6) is 17.2 Å². The zero-order valence-electron chi connectivity index (χ0n) is 32.1. The number of aryl methyl sites for hydroxylation is 1. The van der Waals surface area contributed by atoms with Crippen LogP contribution in [-0.2, 0) is 22.6 Å². The number of unbranched alkanes of at least 4 members (excludes halogenated alkanes) is 2. The van der Waals surface area contributed by atoms with E-state index >= 15 is 0 Å². The maximum atomic E-state index is 13.5. The molecule has 8 rings (SSSR count). The minimum absolute atomic E-state index is 0.0513. The second kappa shape index (κ2) is 17.1. The number of imide groups is 1. The summed E-state index contributed by atoms with van der Waals surface area (Å²) in [4.78, 5) is 43.4. The maximum absolute atomic E-state index is 13.5. The first-order chi connectivity index (χ1) is 27.7. The second-order valence-corrected chi connectivity index (χ2v) is 15.8. The SMILES string of the molecule is O=C1CCC(N2Cc3cc(N4CCN(CCCCCOc5ccc([C@@H]6c7ccc(O)cc7CC[C@@H]6C6C=CC=CC6)cc5)CC4)cc(OC(F)F)c3C2=O)C(=O)N1. The van der Waals surface area contributed by atoms with Gasteiger partial charge < -0.3 is 24.4 Å². The van der Waals surface area contributed by atoms with E-state index in [0.717, 1.165) is 63.9 Å². The zero-order chi connectivity index (χ0) is 39.5. The number of phenols is 1. The number of aromatic hydroxyl groups is 1. The van der Waals surface area contributed by atoms with Gasteiger partial charge >= 0.3 is 6.61 Å². The highest BCUT2D eigenvalue weighted by atomic mass is 19.3. The van der Waals surface area contributed by atoms with Crippen molar-refractivity contribution in [1.82, 2.24) is 15.1 Å². The quantitative estimate of drug-likeness (QED) is 0.142. The molecule has 0 radical (unpaired) electrons. The predicted molar refractivity (Wildman–Crippen MR) is 212 cm³/mol. The number of nitrogens with zero attached hydrogens (tertiary/aromatic N) is 3. The molecule has 4 atom stereocenters. The van der Waals surface area contributed by atoms with Gasteiger partial charge in [0.05, 0.1) is 12.2 Å². The second-order valence-electron chi connectivity index (χ2n) is 15.8. The van der Waals surface area contributed by atoms with Crippen LogP contribution in [-0.4, -0.2) is 84.6 Å². The number of piperazine rings is 1. The molecule has 3 aromatic carbocycles. The first-order valence-electron chi connectivity index (χ1n) is 20.3. The Morgan fingerprint density at radius 1 is 0.877 bits per heavy atom. The monoisotopic (exact) mass is 780 g/mol. The number of rotatable bonds is 13. The molecule has 2 N–H and O–H groups in total. The number of benzene rings is 3. The van der Waals surface area contributed by atoms with Crippen LogP contribution in [0.2, 0.25) is 0 Å². The summed E-state index contributed by atoms with van der Waals surface area (Å²) in [6.45, 7) is 1.59. The fraction of sp³-hybridized carbons (Fsp3) is 0.444. The Bertz CT molecular complexity index is 2030. The number of fused-ring (bicyclic) bond motifs is 2. The van der Waals surface area contributed by atoms with Crippen LogP contribution in [0.25, 0.3) is 0 Å². The van der Waals surface area contributed by atoms with Crippen LogP contribution in [0, 0.1) is 11.8 Å². The Balaban J connectivity index is 0.800. The third kappa shape index (κ3) is 8.56. The number of hydrogen-bond donors (Lipinski definition) is 2. The largest absolute Gasteiger partial charge is 0.508 e. The Morgan fingerprint density at radius 2 is 1.70 bits per heavy atom. The van der Waals surface area contributed by atoms with Crippen molar-refractivity contribution >= 4 is 23.4 Å². The van der Waals surface area contributed by atoms with E-state index in [4.69, 9.17) is 9.47 Å². The van der Waals surface area contributed by atoms with Crippen LogP contribution < -0.4 is 19.7 Å². The van der Waals surface area contributed by atoms with Gasteiger partial charge in [0, 0.05) is 56.8 Å². The summed E-state index contributed by atoms with van der Waals surface area (Å²) < 4.78 is 38.0. The minimum Gasteiger partial charge on any atom is -0.508 e. The van der Waals surface area contributed by atoms with Crippen LogP contribution in [0.4, 0.5) is 14.5 Å². The summed E-state index contributed by atoms with van der Waals surface area (Å²) in [7, 11) is 0. The van der Waals surface area contributed by atoms with Gasteiger partial charge in [-0.25, -0.2) is 0 Å². The molecule has 3 aromatic rings. The van der Waals surface area contributed by atoms with Crippen molar-refractivity contribution in [1.29, 1.82) is 0 Å². The molecule has 3 heterocycles. The molecule has 0 spiro atoms. The first-order valence-corrected chi connectivity index (χ1v) is 20.3. The van der Waals surface area contributed by atoms with Gasteiger partial charge in [0.15, 0.2) is 0 Å². The molecule has 2 fully saturated rings. The number of hydrogen-bond acceptors (Lipinski definition) is 8. The number of alkyl halides is 2. The van der Waals surface area contributed by atoms with Gasteiger partial charge in [-0.1, -0.05) is 42.5 Å². The summed E-state index contributed by atoms with van der Waals surface area (Å²) in [5, 5.41) is 12.4. The highest BCUT2D eigenvalue weighted by Gasteiger charge is 2.42. The van der Waals surface area contributed by atoms with Crippen molar-refractivity contribution in [3.63, 3.8) is 0 Å². The molecule has 2 saturated heterocycles. The van der Waals surface area contributed by atoms with Gasteiger partial charge in [-0.15, -0.1) is 0 Å². The van der Waals surface area contributed by atoms with E-state index in [0.29, 0.717) is 48.5 Å². The molecule has 10 nitrogen and oxygen atoms in total. The summed E-state index contributed by atoms with van der Waals surface area (Å²) in [5.41, 5.74) is 5.13. The summed E-state index contributed by atoms with van der Waals surface area (Å²) in [5.74, 6) is 0.770. The van der Waals surface area contributed by atoms with E-state index in [-0.39, 0.29) is 42.5 Å². The third-order valence-corrected chi connectivity index (χ3v) is 12.4. The molecule has 5 aliphatic rings. The predicted octanol–water partition coefficient (Wildman–Crippen LogP) is 6.95. The highest BCUT2D eigenvalue weighted by Crippen LogP contribution is 2.47. The number of carbonyl (C=O) groups is 3. The van der Waals surface area contributed by atoms with Crippen molar-refractivity contribution < 1.29 is 37.7 Å². The fourth-order valence-corrected chi connectivity index (χ4v) is 9.47. The van der Waals surface area contributed by atoms with Gasteiger partial charge in [-0.2, -0.15) is 8.78 Å². The van der Waals surface area contributed by atoms with E-state index in [1.807, 2.05) is 18.2 Å². The maximum Gasteiger partial charge on any atom is 0.387 e. The smallest absolute Gasteiger partial charge is 0.387 e. The number of phenolic OH excluding ortho intramolecular Hbond substituents is 1. The molecule has 2 aliphatic carbocycles. The number of halogens is 2. The molecule has 3 amide bonds. The van der Waals surface area contributed by atoms with Gasteiger partial charge in [0.25, 0.3) is 5.91 Å². The summed E-state index contributed by atoms with van der Waals surface area (Å²) in [6.07, 6.45) is 15.4. The van der Waals surface area contributed by atoms with E-state index in [1.165, 1.54) is 27.7 Å². The average Bonchev–Trinajstić information content (AvgIpc) is 3.55. The molecule has 2 unspecified atom stereocenters. The highest BCUT2D eigenvalue weighted by molar-refractivity contribution is 6.06. The van der Waals surface area contributed by atoms with Gasteiger partial charge in [0.1, 0.15) is 23.3 Å². The number of ether oxygens (including phenoxy) is 2. The number of nitrogens with one attached hydrogen (secondary N) is 1. The molecule has 0 aromatic heterocycles.